The van der Waals surface area contributed by atoms with Crippen LogP contribution in [0.25, 0.3) is 11.1 Å². The molecule has 0 bridgehead atoms. The van der Waals surface area contributed by atoms with Crippen LogP contribution in [0.15, 0.2) is 48.5 Å². The molecule has 176 valence electrons. The highest BCUT2D eigenvalue weighted by Crippen LogP contribution is 2.44. The number of carboxylic acids is 1. The van der Waals surface area contributed by atoms with Crippen LogP contribution >= 0.6 is 0 Å². The molecule has 2 aromatic rings. The third-order valence-electron chi connectivity index (χ3n) is 6.01. The van der Waals surface area contributed by atoms with Crippen molar-refractivity contribution in [2.24, 2.45) is 5.92 Å². The number of nitrogens with one attached hydrogen (secondary N) is 2. The summed E-state index contributed by atoms with van der Waals surface area (Å²) in [6.45, 7) is 5.88. The summed E-state index contributed by atoms with van der Waals surface area (Å²) in [6.07, 6.45) is 0.619. The first-order chi connectivity index (χ1) is 15.8. The second-order valence-corrected chi connectivity index (χ2v) is 8.80. The van der Waals surface area contributed by atoms with Gasteiger partial charge in [0.15, 0.2) is 0 Å². The predicted octanol–water partition coefficient (Wildman–Crippen LogP) is 4.31. The van der Waals surface area contributed by atoms with Crippen molar-refractivity contribution in [2.45, 2.75) is 58.0 Å². The Morgan fingerprint density at radius 1 is 0.909 bits per heavy atom. The molecule has 0 spiro atoms. The zero-order valence-electron chi connectivity index (χ0n) is 19.3. The molecule has 0 fully saturated rings. The van der Waals surface area contributed by atoms with E-state index in [1.807, 2.05) is 50.2 Å². The molecule has 3 N–H and O–H groups in total. The van der Waals surface area contributed by atoms with Crippen LogP contribution < -0.4 is 10.6 Å². The number of alkyl carbamates (subject to hydrolysis) is 1. The first-order valence-corrected chi connectivity index (χ1v) is 11.5. The smallest absolute Gasteiger partial charge is 0.407 e. The van der Waals surface area contributed by atoms with Crippen molar-refractivity contribution in [3.05, 3.63) is 59.7 Å². The fraction of sp³-hybridized carbons (Fsp3) is 0.423. The second-order valence-electron chi connectivity index (χ2n) is 8.80. The number of aliphatic carboxylic acids is 1. The highest BCUT2D eigenvalue weighted by Gasteiger charge is 2.30. The van der Waals surface area contributed by atoms with E-state index in [9.17, 15) is 19.5 Å². The zero-order valence-corrected chi connectivity index (χ0v) is 19.3. The van der Waals surface area contributed by atoms with Crippen LogP contribution in [-0.4, -0.2) is 41.8 Å². The van der Waals surface area contributed by atoms with Crippen LogP contribution in [0.5, 0.6) is 0 Å². The van der Waals surface area contributed by atoms with Gasteiger partial charge in [-0.3, -0.25) is 4.79 Å². The third-order valence-corrected chi connectivity index (χ3v) is 6.01. The number of fused-ring (bicyclic) bond motifs is 3. The maximum atomic E-state index is 12.6. The average molecular weight is 453 g/mol. The van der Waals surface area contributed by atoms with E-state index in [-0.39, 0.29) is 12.5 Å². The second kappa shape index (κ2) is 11.0. The fourth-order valence-corrected chi connectivity index (χ4v) is 4.17. The van der Waals surface area contributed by atoms with Gasteiger partial charge in [-0.05, 0) is 47.4 Å². The van der Waals surface area contributed by atoms with E-state index >= 15 is 0 Å². The summed E-state index contributed by atoms with van der Waals surface area (Å²) in [5, 5.41) is 14.5. The summed E-state index contributed by atoms with van der Waals surface area (Å²) in [4.78, 5) is 36.6. The first kappa shape index (κ1) is 24.3. The lowest BCUT2D eigenvalue weighted by Crippen LogP contribution is -2.51. The fourth-order valence-electron chi connectivity index (χ4n) is 4.17. The molecular formula is C26H32N2O5. The molecule has 2 aromatic carbocycles. The summed E-state index contributed by atoms with van der Waals surface area (Å²) in [5.74, 6) is -1.36. The molecule has 33 heavy (non-hydrogen) atoms. The molecule has 2 unspecified atom stereocenters. The largest absolute Gasteiger partial charge is 0.480 e. The van der Waals surface area contributed by atoms with Crippen molar-refractivity contribution < 1.29 is 24.2 Å². The van der Waals surface area contributed by atoms with Gasteiger partial charge in [0, 0.05) is 5.92 Å². The molecule has 0 aliphatic heterocycles. The third kappa shape index (κ3) is 5.92. The van der Waals surface area contributed by atoms with E-state index in [1.54, 1.807) is 6.92 Å². The molecule has 0 heterocycles. The average Bonchev–Trinajstić information content (AvgIpc) is 3.12. The number of amides is 2. The van der Waals surface area contributed by atoms with Crippen LogP contribution in [0.2, 0.25) is 0 Å². The number of ether oxygens (including phenoxy) is 1. The monoisotopic (exact) mass is 452 g/mol. The Hall–Kier alpha value is -3.35. The van der Waals surface area contributed by atoms with Gasteiger partial charge in [-0.2, -0.15) is 0 Å². The minimum Gasteiger partial charge on any atom is -0.480 e. The van der Waals surface area contributed by atoms with Gasteiger partial charge in [-0.25, -0.2) is 9.59 Å². The Balaban J connectivity index is 1.59. The molecule has 0 radical (unpaired) electrons. The number of benzene rings is 2. The van der Waals surface area contributed by atoms with Gasteiger partial charge in [0.25, 0.3) is 0 Å². The van der Waals surface area contributed by atoms with Crippen molar-refractivity contribution >= 4 is 18.0 Å². The van der Waals surface area contributed by atoms with Gasteiger partial charge in [0.05, 0.1) is 0 Å². The maximum absolute atomic E-state index is 12.6. The van der Waals surface area contributed by atoms with Crippen molar-refractivity contribution in [3.63, 3.8) is 0 Å². The van der Waals surface area contributed by atoms with Gasteiger partial charge in [-0.1, -0.05) is 69.3 Å². The van der Waals surface area contributed by atoms with Crippen LogP contribution in [0.1, 0.15) is 57.1 Å². The van der Waals surface area contributed by atoms with E-state index in [1.165, 1.54) is 0 Å². The van der Waals surface area contributed by atoms with Crippen molar-refractivity contribution in [2.75, 3.05) is 6.61 Å². The van der Waals surface area contributed by atoms with E-state index in [4.69, 9.17) is 4.74 Å². The van der Waals surface area contributed by atoms with E-state index in [0.29, 0.717) is 25.2 Å². The van der Waals surface area contributed by atoms with E-state index in [0.717, 1.165) is 22.3 Å². The Morgan fingerprint density at radius 3 is 2.00 bits per heavy atom. The number of carbonyl (C=O) groups excluding carboxylic acids is 2. The summed E-state index contributed by atoms with van der Waals surface area (Å²) in [6, 6.07) is 14.2. The van der Waals surface area contributed by atoms with Gasteiger partial charge < -0.3 is 20.5 Å². The molecule has 2 amide bonds. The predicted molar refractivity (Wildman–Crippen MR) is 126 cm³/mol. The topological polar surface area (TPSA) is 105 Å². The summed E-state index contributed by atoms with van der Waals surface area (Å²) >= 11 is 0. The molecule has 7 nitrogen and oxygen atoms in total. The number of hydrogen-bond acceptors (Lipinski definition) is 4. The minimum absolute atomic E-state index is 0.0792. The Morgan fingerprint density at radius 2 is 1.48 bits per heavy atom. The normalized spacial score (nSPS) is 14.2. The Bertz CT molecular complexity index is 958. The maximum Gasteiger partial charge on any atom is 0.407 e. The molecule has 7 heteroatoms. The molecule has 1 aliphatic carbocycles. The van der Waals surface area contributed by atoms with Gasteiger partial charge in [-0.15, -0.1) is 0 Å². The van der Waals surface area contributed by atoms with Crippen molar-refractivity contribution in [3.8, 4) is 11.1 Å². The number of rotatable bonds is 10. The lowest BCUT2D eigenvalue weighted by atomic mass is 9.98. The molecule has 0 saturated heterocycles. The molecule has 0 saturated carbocycles. The van der Waals surface area contributed by atoms with Gasteiger partial charge >= 0.3 is 12.1 Å². The Kier molecular flexibility index (Phi) is 8.09. The highest BCUT2D eigenvalue weighted by atomic mass is 16.5. The minimum atomic E-state index is -1.08. The van der Waals surface area contributed by atoms with E-state index in [2.05, 4.69) is 22.8 Å². The number of carboxylic acid groups (broad SMARTS) is 1. The number of hydrogen-bond donors (Lipinski definition) is 3. The van der Waals surface area contributed by atoms with Crippen LogP contribution in [0, 0.1) is 5.92 Å². The lowest BCUT2D eigenvalue weighted by Gasteiger charge is -2.21. The number of carbonyl (C=O) groups is 3. The summed E-state index contributed by atoms with van der Waals surface area (Å²) in [7, 11) is 0. The molecule has 0 aromatic heterocycles. The van der Waals surface area contributed by atoms with E-state index < -0.39 is 30.1 Å². The molecule has 3 rings (SSSR count). The quantitative estimate of drug-likeness (QED) is 0.498. The lowest BCUT2D eigenvalue weighted by molar-refractivity contribution is -0.142. The standard InChI is InChI=1S/C26H32N2O5/c1-4-22(24(29)27-23(25(30)31)14-13-16(2)3)28-26(32)33-15-21-19-11-7-5-9-17(19)18-10-6-8-12-20(18)21/h5-12,16,21-23H,4,13-15H2,1-3H3,(H,27,29)(H,28,32)(H,30,31). The van der Waals surface area contributed by atoms with Crippen LogP contribution in [0.4, 0.5) is 4.79 Å². The molecular weight excluding hydrogens is 420 g/mol. The summed E-state index contributed by atoms with van der Waals surface area (Å²) in [5.41, 5.74) is 4.47. The zero-order chi connectivity index (χ0) is 24.0. The molecule has 2 atom stereocenters. The first-order valence-electron chi connectivity index (χ1n) is 11.5. The van der Waals surface area contributed by atoms with Gasteiger partial charge in [0.1, 0.15) is 18.7 Å². The van der Waals surface area contributed by atoms with Crippen molar-refractivity contribution in [1.29, 1.82) is 0 Å². The van der Waals surface area contributed by atoms with Crippen molar-refractivity contribution in [1.82, 2.24) is 10.6 Å². The van der Waals surface area contributed by atoms with Crippen LogP contribution in [-0.2, 0) is 14.3 Å². The van der Waals surface area contributed by atoms with Gasteiger partial charge in [0.2, 0.25) is 5.91 Å². The highest BCUT2D eigenvalue weighted by molar-refractivity contribution is 5.89. The van der Waals surface area contributed by atoms with Crippen LogP contribution in [0.3, 0.4) is 0 Å². The Labute approximate surface area is 194 Å². The SMILES string of the molecule is CCC(NC(=O)OCC1c2ccccc2-c2ccccc21)C(=O)NC(CCC(C)C)C(=O)O. The summed E-state index contributed by atoms with van der Waals surface area (Å²) < 4.78 is 5.51. The molecule has 1 aliphatic rings.